The van der Waals surface area contributed by atoms with E-state index in [1.807, 2.05) is 0 Å². The minimum Gasteiger partial charge on any atom is -0.742 e. The molecule has 0 spiro atoms. The number of aliphatic imine (C=N–C) groups is 1. The van der Waals surface area contributed by atoms with E-state index < -0.39 is 0 Å². The van der Waals surface area contributed by atoms with Crippen LogP contribution in [0.3, 0.4) is 0 Å². The van der Waals surface area contributed by atoms with Gasteiger partial charge in [0.25, 0.3) is 0 Å². The number of rotatable bonds is 0. The van der Waals surface area contributed by atoms with Crippen LogP contribution in [0.2, 0.25) is 0 Å². The first-order chi connectivity index (χ1) is 3.31. The van der Waals surface area contributed by atoms with Crippen LogP contribution in [-0.4, -0.2) is 12.2 Å². The second-order valence-corrected chi connectivity index (χ2v) is 1.15. The Morgan fingerprint density at radius 2 is 2.38 bits per heavy atom. The van der Waals surface area contributed by atoms with Crippen molar-refractivity contribution in [1.82, 2.24) is 5.32 Å². The monoisotopic (exact) mass is 137 g/mol. The topological polar surface area (TPSA) is 48.2 Å². The van der Waals surface area contributed by atoms with Gasteiger partial charge in [-0.25, -0.2) is 0 Å². The summed E-state index contributed by atoms with van der Waals surface area (Å²) in [4.78, 5) is 3.48. The van der Waals surface area contributed by atoms with Gasteiger partial charge in [0.15, 0.2) is 6.19 Å². The van der Waals surface area contributed by atoms with Gasteiger partial charge in [0.2, 0.25) is 0 Å². The molecule has 38 valence electrons. The van der Waals surface area contributed by atoms with Gasteiger partial charge in [0, 0.05) is 7.05 Å². The first-order valence-electron chi connectivity index (χ1n) is 1.60. The van der Waals surface area contributed by atoms with Crippen molar-refractivity contribution in [2.75, 3.05) is 7.05 Å². The SMILES string of the molecule is CN=C([S-])NC#N.[Na+]. The van der Waals surface area contributed by atoms with Crippen molar-refractivity contribution in [2.45, 2.75) is 0 Å². The van der Waals surface area contributed by atoms with Crippen LogP contribution in [0.5, 0.6) is 0 Å². The van der Waals surface area contributed by atoms with Crippen LogP contribution in [0.1, 0.15) is 0 Å². The van der Waals surface area contributed by atoms with Crippen LogP contribution in [0.4, 0.5) is 0 Å². The van der Waals surface area contributed by atoms with Crippen LogP contribution in [-0.2, 0) is 12.6 Å². The molecule has 8 heavy (non-hydrogen) atoms. The fourth-order valence-corrected chi connectivity index (χ4v) is 0.149. The van der Waals surface area contributed by atoms with Gasteiger partial charge >= 0.3 is 29.6 Å². The van der Waals surface area contributed by atoms with Gasteiger partial charge in [0.05, 0.1) is 0 Å². The molecular formula is C3H4N3NaS. The standard InChI is InChI=1S/C3H5N3S.Na/c1-5-3(7)6-2-4;/h1H3,(H2,5,6,7);/q;+1/p-1. The van der Waals surface area contributed by atoms with E-state index in [1.165, 1.54) is 7.05 Å². The van der Waals surface area contributed by atoms with Crippen LogP contribution in [0.25, 0.3) is 0 Å². The molecule has 0 aliphatic rings. The number of amidine groups is 1. The second-order valence-electron chi connectivity index (χ2n) is 0.766. The number of hydrogen-bond acceptors (Lipinski definition) is 3. The maximum Gasteiger partial charge on any atom is 1.00 e. The Labute approximate surface area is 75.9 Å². The molecule has 0 atom stereocenters. The quantitative estimate of drug-likeness (QED) is 0.0945. The average Bonchev–Trinajstić information content (AvgIpc) is 1.68. The van der Waals surface area contributed by atoms with Gasteiger partial charge in [-0.3, -0.25) is 4.99 Å². The van der Waals surface area contributed by atoms with Crippen LogP contribution >= 0.6 is 0 Å². The van der Waals surface area contributed by atoms with Crippen molar-refractivity contribution >= 4 is 17.8 Å². The van der Waals surface area contributed by atoms with Gasteiger partial charge < -0.3 is 17.9 Å². The molecule has 0 unspecified atom stereocenters. The zero-order valence-corrected chi connectivity index (χ0v) is 7.62. The predicted molar refractivity (Wildman–Crippen MR) is 29.5 cm³/mol. The minimum absolute atomic E-state index is 0. The van der Waals surface area contributed by atoms with Crippen molar-refractivity contribution in [2.24, 2.45) is 4.99 Å². The maximum absolute atomic E-state index is 7.86. The molecular weight excluding hydrogens is 133 g/mol. The fraction of sp³-hybridized carbons (Fsp3) is 0.333. The Kier molecular flexibility index (Phi) is 9.91. The largest absolute Gasteiger partial charge is 1.00 e. The van der Waals surface area contributed by atoms with Crippen molar-refractivity contribution in [3.63, 3.8) is 0 Å². The van der Waals surface area contributed by atoms with E-state index >= 15 is 0 Å². The summed E-state index contributed by atoms with van der Waals surface area (Å²) in [5.41, 5.74) is 0. The van der Waals surface area contributed by atoms with Crippen molar-refractivity contribution in [3.05, 3.63) is 0 Å². The van der Waals surface area contributed by atoms with Gasteiger partial charge in [-0.2, -0.15) is 5.26 Å². The molecule has 1 N–H and O–H groups in total. The van der Waals surface area contributed by atoms with E-state index in [2.05, 4.69) is 22.9 Å². The van der Waals surface area contributed by atoms with E-state index in [-0.39, 0.29) is 34.7 Å². The van der Waals surface area contributed by atoms with Gasteiger partial charge in [-0.1, -0.05) is 0 Å². The zero-order chi connectivity index (χ0) is 5.70. The molecule has 0 rings (SSSR count). The third-order valence-electron chi connectivity index (χ3n) is 0.366. The van der Waals surface area contributed by atoms with Crippen molar-refractivity contribution in [1.29, 1.82) is 5.26 Å². The van der Waals surface area contributed by atoms with Gasteiger partial charge in [-0.15, -0.1) is 0 Å². The van der Waals surface area contributed by atoms with E-state index in [9.17, 15) is 0 Å². The number of nitriles is 1. The maximum atomic E-state index is 7.86. The molecule has 0 saturated heterocycles. The second kappa shape index (κ2) is 7.18. The molecule has 0 aliphatic carbocycles. The molecule has 5 heteroatoms. The van der Waals surface area contributed by atoms with Crippen molar-refractivity contribution in [3.8, 4) is 6.19 Å². The Morgan fingerprint density at radius 3 is 2.50 bits per heavy atom. The summed E-state index contributed by atoms with van der Waals surface area (Å²) >= 11 is 4.45. The van der Waals surface area contributed by atoms with E-state index in [0.29, 0.717) is 0 Å². The molecule has 0 saturated carbocycles. The summed E-state index contributed by atoms with van der Waals surface area (Å²) < 4.78 is 0. The molecule has 0 radical (unpaired) electrons. The van der Waals surface area contributed by atoms with E-state index in [1.54, 1.807) is 6.19 Å². The minimum atomic E-state index is 0. The molecule has 0 heterocycles. The molecule has 3 nitrogen and oxygen atoms in total. The molecule has 0 amide bonds. The van der Waals surface area contributed by atoms with Gasteiger partial charge in [0.1, 0.15) is 0 Å². The van der Waals surface area contributed by atoms with Crippen LogP contribution in [0.15, 0.2) is 4.99 Å². The Morgan fingerprint density at radius 1 is 1.88 bits per heavy atom. The smallest absolute Gasteiger partial charge is 0.742 e. The van der Waals surface area contributed by atoms with Crippen LogP contribution in [0, 0.1) is 11.5 Å². The molecule has 0 aromatic heterocycles. The van der Waals surface area contributed by atoms with Gasteiger partial charge in [-0.05, 0) is 5.17 Å². The molecule has 0 aromatic rings. The third kappa shape index (κ3) is 6.18. The Balaban J connectivity index is 0. The van der Waals surface area contributed by atoms with Crippen LogP contribution < -0.4 is 34.9 Å². The fourth-order valence-electron chi connectivity index (χ4n) is 0.104. The summed E-state index contributed by atoms with van der Waals surface area (Å²) in [7, 11) is 1.52. The molecule has 0 bridgehead atoms. The summed E-state index contributed by atoms with van der Waals surface area (Å²) in [6.45, 7) is 0. The zero-order valence-electron chi connectivity index (χ0n) is 4.80. The summed E-state index contributed by atoms with van der Waals surface area (Å²) in [6, 6.07) is 0. The van der Waals surface area contributed by atoms with E-state index in [4.69, 9.17) is 5.26 Å². The predicted octanol–water partition coefficient (Wildman–Crippen LogP) is -3.41. The summed E-state index contributed by atoms with van der Waals surface area (Å²) in [5.74, 6) is 0. The van der Waals surface area contributed by atoms with Crippen molar-refractivity contribution < 1.29 is 29.6 Å². The number of nitrogens with one attached hydrogen (secondary N) is 1. The first kappa shape index (κ1) is 11.0. The normalized spacial score (nSPS) is 8.75. The molecule has 0 aliphatic heterocycles. The third-order valence-corrected chi connectivity index (χ3v) is 0.651. The summed E-state index contributed by atoms with van der Waals surface area (Å²) in [6.07, 6.45) is 1.63. The average molecular weight is 137 g/mol. The number of hydrogen-bond donors (Lipinski definition) is 1. The van der Waals surface area contributed by atoms with E-state index in [0.717, 1.165) is 0 Å². The molecule has 0 fully saturated rings. The number of nitrogens with zero attached hydrogens (tertiary/aromatic N) is 2. The molecule has 0 aromatic carbocycles. The first-order valence-corrected chi connectivity index (χ1v) is 2.01. The Hall–Kier alpha value is 0.180. The summed E-state index contributed by atoms with van der Waals surface area (Å²) in [5, 5.41) is 10.2. The Bertz CT molecular complexity index is 116.